The molecule has 0 aromatic carbocycles. The lowest BCUT2D eigenvalue weighted by Gasteiger charge is -1.95. The van der Waals surface area contributed by atoms with Crippen molar-refractivity contribution in [1.82, 2.24) is 0 Å². The summed E-state index contributed by atoms with van der Waals surface area (Å²) in [5, 5.41) is 0. The van der Waals surface area contributed by atoms with Crippen LogP contribution in [0, 0.1) is 24.7 Å². The van der Waals surface area contributed by atoms with Crippen molar-refractivity contribution in [3.63, 3.8) is 0 Å². The van der Waals surface area contributed by atoms with Gasteiger partial charge in [0.25, 0.3) is 0 Å². The molecule has 1 heteroatoms. The van der Waals surface area contributed by atoms with Gasteiger partial charge in [0.2, 0.25) is 0 Å². The average Bonchev–Trinajstić information content (AvgIpc) is 1.88. The third kappa shape index (κ3) is 4.01. The molecule has 0 aromatic heterocycles. The zero-order valence-corrected chi connectivity index (χ0v) is 6.50. The van der Waals surface area contributed by atoms with Crippen molar-refractivity contribution in [2.45, 2.75) is 6.92 Å². The van der Waals surface area contributed by atoms with Gasteiger partial charge in [-0.3, -0.25) is 0 Å². The van der Waals surface area contributed by atoms with Crippen LogP contribution in [0.5, 0.6) is 0 Å². The second-order valence-electron chi connectivity index (χ2n) is 1.60. The smallest absolute Gasteiger partial charge is 0.115 e. The largest absolute Gasteiger partial charge is 0.168 e. The standard InChI is InChI=1S/C8H11S/c1-4-7-9(6-3)8-5-2/h1-2H,6-8H2,3H3/q+1. The molecule has 0 rings (SSSR count). The van der Waals surface area contributed by atoms with E-state index in [1.807, 2.05) is 0 Å². The van der Waals surface area contributed by atoms with E-state index in [1.54, 1.807) is 0 Å². The molecule has 9 heavy (non-hydrogen) atoms. The Morgan fingerprint density at radius 3 is 1.89 bits per heavy atom. The van der Waals surface area contributed by atoms with Crippen LogP contribution in [-0.4, -0.2) is 17.3 Å². The normalized spacial score (nSPS) is 8.44. The minimum absolute atomic E-state index is 0.296. The minimum atomic E-state index is 0.296. The quantitative estimate of drug-likeness (QED) is 0.402. The van der Waals surface area contributed by atoms with E-state index in [9.17, 15) is 0 Å². The number of rotatable bonds is 3. The topological polar surface area (TPSA) is 0 Å². The highest BCUT2D eigenvalue weighted by Crippen LogP contribution is 1.93. The first-order valence-corrected chi connectivity index (χ1v) is 4.59. The highest BCUT2D eigenvalue weighted by atomic mass is 32.2. The fraction of sp³-hybridized carbons (Fsp3) is 0.500. The van der Waals surface area contributed by atoms with Crippen LogP contribution in [0.3, 0.4) is 0 Å². The first-order valence-electron chi connectivity index (χ1n) is 2.86. The summed E-state index contributed by atoms with van der Waals surface area (Å²) in [6.07, 6.45) is 10.2. The Hall–Kier alpha value is -0.530. The summed E-state index contributed by atoms with van der Waals surface area (Å²) in [7, 11) is 0.296. The third-order valence-corrected chi connectivity index (χ3v) is 2.95. The molecule has 48 valence electrons. The molecule has 0 N–H and O–H groups in total. The van der Waals surface area contributed by atoms with Crippen molar-refractivity contribution >= 4 is 10.9 Å². The zero-order valence-electron chi connectivity index (χ0n) is 5.68. The summed E-state index contributed by atoms with van der Waals surface area (Å²) in [6.45, 7) is 2.12. The van der Waals surface area contributed by atoms with Crippen LogP contribution < -0.4 is 0 Å². The zero-order chi connectivity index (χ0) is 7.11. The average molecular weight is 139 g/mol. The van der Waals surface area contributed by atoms with Crippen LogP contribution in [-0.2, 0) is 10.9 Å². The maximum absolute atomic E-state index is 5.12. The Morgan fingerprint density at radius 2 is 1.67 bits per heavy atom. The summed E-state index contributed by atoms with van der Waals surface area (Å²) in [5.41, 5.74) is 0. The fourth-order valence-electron chi connectivity index (χ4n) is 0.491. The molecule has 0 aliphatic heterocycles. The monoisotopic (exact) mass is 139 g/mol. The van der Waals surface area contributed by atoms with Gasteiger partial charge in [0.15, 0.2) is 11.5 Å². The number of hydrogen-bond acceptors (Lipinski definition) is 0. The van der Waals surface area contributed by atoms with Crippen LogP contribution in [0.2, 0.25) is 0 Å². The van der Waals surface area contributed by atoms with Crippen molar-refractivity contribution in [3.8, 4) is 24.7 Å². The van der Waals surface area contributed by atoms with Gasteiger partial charge in [-0.05, 0) is 6.92 Å². The molecule has 0 saturated heterocycles. The van der Waals surface area contributed by atoms with Crippen LogP contribution in [0.1, 0.15) is 6.92 Å². The summed E-state index contributed by atoms with van der Waals surface area (Å²) in [6, 6.07) is 0. The van der Waals surface area contributed by atoms with Gasteiger partial charge >= 0.3 is 0 Å². The molecule has 0 spiro atoms. The molecule has 0 fully saturated rings. The SMILES string of the molecule is C#CC[S+](CC)CC#C. The Kier molecular flexibility index (Phi) is 5.27. The molecule has 0 nitrogen and oxygen atoms in total. The summed E-state index contributed by atoms with van der Waals surface area (Å²) >= 11 is 0. The molecule has 0 saturated carbocycles. The molecular weight excluding hydrogens is 128 g/mol. The molecule has 0 aliphatic carbocycles. The van der Waals surface area contributed by atoms with Crippen molar-refractivity contribution < 1.29 is 0 Å². The molecular formula is C8H11S+. The van der Waals surface area contributed by atoms with Gasteiger partial charge in [-0.1, -0.05) is 11.8 Å². The lowest BCUT2D eigenvalue weighted by atomic mass is 10.8. The van der Waals surface area contributed by atoms with E-state index in [4.69, 9.17) is 12.8 Å². The second-order valence-corrected chi connectivity index (χ2v) is 3.98. The number of terminal acetylenes is 2. The van der Waals surface area contributed by atoms with Crippen molar-refractivity contribution in [2.24, 2.45) is 0 Å². The van der Waals surface area contributed by atoms with Gasteiger partial charge < -0.3 is 0 Å². The first-order chi connectivity index (χ1) is 4.35. The maximum atomic E-state index is 5.12. The third-order valence-electron chi connectivity index (χ3n) is 0.983. The van der Waals surface area contributed by atoms with Crippen LogP contribution in [0.4, 0.5) is 0 Å². The predicted molar refractivity (Wildman–Crippen MR) is 45.3 cm³/mol. The van der Waals surface area contributed by atoms with Gasteiger partial charge in [-0.2, -0.15) is 0 Å². The molecule has 0 aromatic rings. The summed E-state index contributed by atoms with van der Waals surface area (Å²) in [5.74, 6) is 8.06. The van der Waals surface area contributed by atoms with Gasteiger partial charge in [-0.15, -0.1) is 12.8 Å². The Morgan fingerprint density at radius 1 is 1.22 bits per heavy atom. The second kappa shape index (κ2) is 5.60. The molecule has 0 heterocycles. The van der Waals surface area contributed by atoms with E-state index in [1.165, 1.54) is 0 Å². The van der Waals surface area contributed by atoms with Gasteiger partial charge in [0.1, 0.15) is 5.75 Å². The van der Waals surface area contributed by atoms with Crippen molar-refractivity contribution in [2.75, 3.05) is 17.3 Å². The maximum Gasteiger partial charge on any atom is 0.168 e. The van der Waals surface area contributed by atoms with Crippen LogP contribution in [0.15, 0.2) is 0 Å². The minimum Gasteiger partial charge on any atom is -0.115 e. The van der Waals surface area contributed by atoms with Gasteiger partial charge in [0.05, 0.1) is 0 Å². The van der Waals surface area contributed by atoms with E-state index < -0.39 is 0 Å². The van der Waals surface area contributed by atoms with E-state index >= 15 is 0 Å². The highest BCUT2D eigenvalue weighted by Gasteiger charge is 2.09. The van der Waals surface area contributed by atoms with E-state index in [-0.39, 0.29) is 0 Å². The Bertz CT molecular complexity index is 120. The summed E-state index contributed by atoms with van der Waals surface area (Å²) in [4.78, 5) is 0. The van der Waals surface area contributed by atoms with E-state index in [2.05, 4.69) is 18.8 Å². The molecule has 0 atom stereocenters. The summed E-state index contributed by atoms with van der Waals surface area (Å²) < 4.78 is 0. The van der Waals surface area contributed by atoms with E-state index in [0.29, 0.717) is 10.9 Å². The Balaban J connectivity index is 3.47. The van der Waals surface area contributed by atoms with Gasteiger partial charge in [0, 0.05) is 10.9 Å². The highest BCUT2D eigenvalue weighted by molar-refractivity contribution is 7.97. The van der Waals surface area contributed by atoms with Crippen molar-refractivity contribution in [3.05, 3.63) is 0 Å². The van der Waals surface area contributed by atoms with Gasteiger partial charge in [-0.25, -0.2) is 0 Å². The molecule has 0 amide bonds. The fourth-order valence-corrected chi connectivity index (χ4v) is 1.47. The van der Waals surface area contributed by atoms with Crippen LogP contribution >= 0.6 is 0 Å². The van der Waals surface area contributed by atoms with Crippen molar-refractivity contribution in [1.29, 1.82) is 0 Å². The molecule has 0 aliphatic rings. The Labute approximate surface area is 60.4 Å². The lowest BCUT2D eigenvalue weighted by molar-refractivity contribution is 1.48. The van der Waals surface area contributed by atoms with Crippen LogP contribution in [0.25, 0.3) is 0 Å². The molecule has 0 unspecified atom stereocenters. The van der Waals surface area contributed by atoms with E-state index in [0.717, 1.165) is 17.3 Å². The first kappa shape index (κ1) is 8.47. The molecule has 0 bridgehead atoms. The number of hydrogen-bond donors (Lipinski definition) is 0. The lowest BCUT2D eigenvalue weighted by Crippen LogP contribution is -2.11. The predicted octanol–water partition coefficient (Wildman–Crippen LogP) is 0.891. The molecule has 0 radical (unpaired) electrons.